The quantitative estimate of drug-likeness (QED) is 0.806. The van der Waals surface area contributed by atoms with E-state index in [-0.39, 0.29) is 11.5 Å². The first-order chi connectivity index (χ1) is 8.15. The zero-order valence-corrected chi connectivity index (χ0v) is 9.14. The summed E-state index contributed by atoms with van der Waals surface area (Å²) in [7, 11) is 0. The van der Waals surface area contributed by atoms with Crippen LogP contribution in [0.2, 0.25) is 0 Å². The summed E-state index contributed by atoms with van der Waals surface area (Å²) in [6.07, 6.45) is 2.79. The number of rotatable bonds is 2. The summed E-state index contributed by atoms with van der Waals surface area (Å²) in [5.41, 5.74) is 1.28. The summed E-state index contributed by atoms with van der Waals surface area (Å²) >= 11 is 0. The predicted octanol–water partition coefficient (Wildman–Crippen LogP) is 2.18. The molecule has 2 aromatic heterocycles. The lowest BCUT2D eigenvalue weighted by molar-refractivity contribution is 0.102. The van der Waals surface area contributed by atoms with Crippen molar-refractivity contribution in [1.82, 2.24) is 9.97 Å². The summed E-state index contributed by atoms with van der Waals surface area (Å²) in [4.78, 5) is 19.1. The highest BCUT2D eigenvalue weighted by molar-refractivity contribution is 6.03. The normalized spacial score (nSPS) is 10.0. The Bertz CT molecular complexity index is 540. The molecule has 0 radical (unpaired) electrons. The lowest BCUT2D eigenvalue weighted by Gasteiger charge is -2.04. The number of carbonyl (C=O) groups is 1. The molecule has 0 spiro atoms. The van der Waals surface area contributed by atoms with Crippen molar-refractivity contribution in [2.75, 3.05) is 5.32 Å². The molecule has 2 heterocycles. The van der Waals surface area contributed by atoms with Crippen molar-refractivity contribution in [1.29, 1.82) is 0 Å². The molecule has 1 amide bonds. The van der Waals surface area contributed by atoms with Crippen molar-refractivity contribution in [3.05, 3.63) is 53.7 Å². The minimum Gasteiger partial charge on any atom is -0.307 e. The Hall–Kier alpha value is -2.30. The van der Waals surface area contributed by atoms with Crippen LogP contribution in [0.5, 0.6) is 0 Å². The van der Waals surface area contributed by atoms with Gasteiger partial charge in [0, 0.05) is 12.4 Å². The summed E-state index contributed by atoms with van der Waals surface area (Å²) in [6.45, 7) is 1.90. The van der Waals surface area contributed by atoms with Gasteiger partial charge in [0.2, 0.25) is 5.95 Å². The van der Waals surface area contributed by atoms with Gasteiger partial charge < -0.3 is 5.32 Å². The fourth-order valence-corrected chi connectivity index (χ4v) is 1.30. The molecule has 0 atom stereocenters. The molecule has 0 unspecified atom stereocenters. The van der Waals surface area contributed by atoms with E-state index in [1.54, 1.807) is 12.3 Å². The number of nitrogens with zero attached hydrogens (tertiary/aromatic N) is 2. The van der Waals surface area contributed by atoms with Gasteiger partial charge in [-0.2, -0.15) is 4.39 Å². The zero-order valence-electron chi connectivity index (χ0n) is 9.14. The summed E-state index contributed by atoms with van der Waals surface area (Å²) in [6, 6.07) is 6.08. The molecule has 1 N–H and O–H groups in total. The van der Waals surface area contributed by atoms with E-state index in [1.165, 1.54) is 12.3 Å². The van der Waals surface area contributed by atoms with Gasteiger partial charge in [-0.05, 0) is 36.8 Å². The Morgan fingerprint density at radius 1 is 1.29 bits per heavy atom. The Kier molecular flexibility index (Phi) is 3.09. The van der Waals surface area contributed by atoms with Crippen LogP contribution in [0.4, 0.5) is 10.2 Å². The van der Waals surface area contributed by atoms with Crippen LogP contribution >= 0.6 is 0 Å². The number of halogens is 1. The molecule has 0 saturated heterocycles. The molecule has 4 nitrogen and oxygen atoms in total. The number of aryl methyl sites for hydroxylation is 1. The third-order valence-corrected chi connectivity index (χ3v) is 2.15. The molecule has 0 aliphatic carbocycles. The second-order valence-electron chi connectivity index (χ2n) is 3.54. The monoisotopic (exact) mass is 231 g/mol. The average molecular weight is 231 g/mol. The van der Waals surface area contributed by atoms with Crippen LogP contribution in [-0.2, 0) is 0 Å². The maximum absolute atomic E-state index is 12.6. The molecule has 2 rings (SSSR count). The number of carbonyl (C=O) groups excluding carboxylic acids is 1. The molecule has 0 fully saturated rings. The van der Waals surface area contributed by atoms with Crippen LogP contribution in [0.25, 0.3) is 0 Å². The highest BCUT2D eigenvalue weighted by Crippen LogP contribution is 2.08. The smallest absolute Gasteiger partial charge is 0.258 e. The van der Waals surface area contributed by atoms with E-state index in [0.717, 1.165) is 11.6 Å². The van der Waals surface area contributed by atoms with Crippen LogP contribution in [0.3, 0.4) is 0 Å². The summed E-state index contributed by atoms with van der Waals surface area (Å²) < 4.78 is 12.6. The van der Waals surface area contributed by atoms with Crippen molar-refractivity contribution in [3.8, 4) is 0 Å². The Balaban J connectivity index is 2.14. The summed E-state index contributed by atoms with van der Waals surface area (Å²) in [5, 5.41) is 2.61. The SMILES string of the molecule is Cc1ccnc(NC(=O)c2ccc(F)nc2)c1. The van der Waals surface area contributed by atoms with Gasteiger partial charge in [-0.1, -0.05) is 0 Å². The number of aromatic nitrogens is 2. The molecular formula is C12H10FN3O. The molecule has 0 saturated carbocycles. The largest absolute Gasteiger partial charge is 0.307 e. The highest BCUT2D eigenvalue weighted by Gasteiger charge is 2.07. The van der Waals surface area contributed by atoms with E-state index < -0.39 is 5.95 Å². The van der Waals surface area contributed by atoms with Crippen LogP contribution in [0, 0.1) is 12.9 Å². The van der Waals surface area contributed by atoms with E-state index in [0.29, 0.717) is 5.82 Å². The van der Waals surface area contributed by atoms with Crippen molar-refractivity contribution < 1.29 is 9.18 Å². The van der Waals surface area contributed by atoms with Gasteiger partial charge in [-0.3, -0.25) is 4.79 Å². The molecular weight excluding hydrogens is 221 g/mol. The van der Waals surface area contributed by atoms with E-state index >= 15 is 0 Å². The number of anilines is 1. The average Bonchev–Trinajstić information content (AvgIpc) is 2.29. The van der Waals surface area contributed by atoms with Crippen LogP contribution in [0.15, 0.2) is 36.7 Å². The van der Waals surface area contributed by atoms with Gasteiger partial charge >= 0.3 is 0 Å². The number of amides is 1. The van der Waals surface area contributed by atoms with Gasteiger partial charge in [0.25, 0.3) is 5.91 Å². The van der Waals surface area contributed by atoms with Gasteiger partial charge in [0.05, 0.1) is 5.56 Å². The second kappa shape index (κ2) is 4.69. The van der Waals surface area contributed by atoms with Crippen molar-refractivity contribution >= 4 is 11.7 Å². The van der Waals surface area contributed by atoms with E-state index in [1.807, 2.05) is 13.0 Å². The zero-order chi connectivity index (χ0) is 12.3. The number of hydrogen-bond acceptors (Lipinski definition) is 3. The van der Waals surface area contributed by atoms with Crippen LogP contribution in [0.1, 0.15) is 15.9 Å². The fraction of sp³-hybridized carbons (Fsp3) is 0.0833. The number of nitrogens with one attached hydrogen (secondary N) is 1. The van der Waals surface area contributed by atoms with Crippen molar-refractivity contribution in [2.45, 2.75) is 6.92 Å². The lowest BCUT2D eigenvalue weighted by Crippen LogP contribution is -2.13. The maximum Gasteiger partial charge on any atom is 0.258 e. The van der Waals surface area contributed by atoms with E-state index in [2.05, 4.69) is 15.3 Å². The van der Waals surface area contributed by atoms with Crippen LogP contribution < -0.4 is 5.32 Å². The minimum absolute atomic E-state index is 0.287. The Labute approximate surface area is 97.5 Å². The van der Waals surface area contributed by atoms with Crippen molar-refractivity contribution in [3.63, 3.8) is 0 Å². The Morgan fingerprint density at radius 3 is 2.76 bits per heavy atom. The third-order valence-electron chi connectivity index (χ3n) is 2.15. The van der Waals surface area contributed by atoms with Crippen LogP contribution in [-0.4, -0.2) is 15.9 Å². The third kappa shape index (κ3) is 2.84. The molecule has 0 bridgehead atoms. The first-order valence-corrected chi connectivity index (χ1v) is 5.01. The molecule has 86 valence electrons. The van der Waals surface area contributed by atoms with Gasteiger partial charge in [0.15, 0.2) is 0 Å². The first-order valence-electron chi connectivity index (χ1n) is 5.01. The molecule has 0 aliphatic rings. The fourth-order valence-electron chi connectivity index (χ4n) is 1.30. The molecule has 2 aromatic rings. The van der Waals surface area contributed by atoms with Gasteiger partial charge in [-0.15, -0.1) is 0 Å². The van der Waals surface area contributed by atoms with E-state index in [9.17, 15) is 9.18 Å². The molecule has 0 aromatic carbocycles. The predicted molar refractivity (Wildman–Crippen MR) is 61.1 cm³/mol. The highest BCUT2D eigenvalue weighted by atomic mass is 19.1. The van der Waals surface area contributed by atoms with E-state index in [4.69, 9.17) is 0 Å². The molecule has 0 aliphatic heterocycles. The Morgan fingerprint density at radius 2 is 2.12 bits per heavy atom. The number of pyridine rings is 2. The standard InChI is InChI=1S/C12H10FN3O/c1-8-4-5-14-11(6-8)16-12(17)9-2-3-10(13)15-7-9/h2-7H,1H3,(H,14,16,17). The maximum atomic E-state index is 12.6. The molecule has 17 heavy (non-hydrogen) atoms. The molecule has 5 heteroatoms. The van der Waals surface area contributed by atoms with Crippen molar-refractivity contribution in [2.24, 2.45) is 0 Å². The summed E-state index contributed by atoms with van der Waals surface area (Å²) in [5.74, 6) is -0.523. The van der Waals surface area contributed by atoms with Gasteiger partial charge in [0.1, 0.15) is 5.82 Å². The number of hydrogen-bond donors (Lipinski definition) is 1. The van der Waals surface area contributed by atoms with Gasteiger partial charge in [-0.25, -0.2) is 9.97 Å². The topological polar surface area (TPSA) is 54.9 Å². The first kappa shape index (κ1) is 11.2. The minimum atomic E-state index is -0.616. The second-order valence-corrected chi connectivity index (χ2v) is 3.54. The lowest BCUT2D eigenvalue weighted by atomic mass is 10.2.